The molecule has 132 valence electrons. The minimum Gasteiger partial charge on any atom is -0.479 e. The normalized spacial score (nSPS) is 11.6. The van der Waals surface area contributed by atoms with E-state index >= 15 is 0 Å². The quantitative estimate of drug-likeness (QED) is 0.645. The number of rotatable bonds is 6. The molecule has 1 N–H and O–H groups in total. The third-order valence-corrected chi connectivity index (χ3v) is 5.46. The van der Waals surface area contributed by atoms with Gasteiger partial charge in [-0.2, -0.15) is 0 Å². The number of hydrogen-bond donors (Lipinski definition) is 1. The Balaban J connectivity index is 2.20. The zero-order valence-corrected chi connectivity index (χ0v) is 16.7. The number of hydrogen-bond acceptors (Lipinski definition) is 3. The maximum atomic E-state index is 12.4. The van der Waals surface area contributed by atoms with Crippen molar-refractivity contribution >= 4 is 43.9 Å². The van der Waals surface area contributed by atoms with Crippen LogP contribution in [0.2, 0.25) is 0 Å². The third-order valence-electron chi connectivity index (χ3n) is 3.59. The second-order valence-electron chi connectivity index (χ2n) is 5.24. The van der Waals surface area contributed by atoms with Crippen LogP contribution in [0, 0.1) is 0 Å². The van der Waals surface area contributed by atoms with E-state index in [0.717, 1.165) is 10.0 Å². The Labute approximate surface area is 162 Å². The lowest BCUT2D eigenvalue weighted by molar-refractivity contribution is -0.143. The summed E-state index contributed by atoms with van der Waals surface area (Å²) in [6.45, 7) is 2.01. The van der Waals surface area contributed by atoms with Gasteiger partial charge in [-0.25, -0.2) is 9.59 Å². The smallest absolute Gasteiger partial charge is 0.411 e. The molecule has 0 aromatic heterocycles. The molecule has 1 amide bonds. The Morgan fingerprint density at radius 1 is 1.12 bits per heavy atom. The van der Waals surface area contributed by atoms with Crippen LogP contribution in [0.25, 0.3) is 0 Å². The Morgan fingerprint density at radius 2 is 1.80 bits per heavy atom. The van der Waals surface area contributed by atoms with E-state index in [0.29, 0.717) is 10.0 Å². The summed E-state index contributed by atoms with van der Waals surface area (Å²) < 4.78 is 6.80. The number of nitrogens with zero attached hydrogens (tertiary/aromatic N) is 1. The summed E-state index contributed by atoms with van der Waals surface area (Å²) in [4.78, 5) is 25.4. The minimum absolute atomic E-state index is 0.0898. The topological polar surface area (TPSA) is 66.8 Å². The van der Waals surface area contributed by atoms with Gasteiger partial charge in [0.05, 0.1) is 0 Å². The average Bonchev–Trinajstić information content (AvgIpc) is 2.60. The number of halogens is 2. The van der Waals surface area contributed by atoms with Crippen molar-refractivity contribution in [2.24, 2.45) is 0 Å². The van der Waals surface area contributed by atoms with Crippen LogP contribution >= 0.6 is 31.9 Å². The largest absolute Gasteiger partial charge is 0.479 e. The molecule has 25 heavy (non-hydrogen) atoms. The molecule has 7 heteroatoms. The molecule has 2 aromatic carbocycles. The van der Waals surface area contributed by atoms with Crippen LogP contribution in [0.4, 0.5) is 4.79 Å². The van der Waals surface area contributed by atoms with Gasteiger partial charge >= 0.3 is 12.1 Å². The number of amides is 1. The zero-order valence-electron chi connectivity index (χ0n) is 13.5. The number of carbonyl (C=O) groups is 2. The Bertz CT molecular complexity index is 752. The van der Waals surface area contributed by atoms with Crippen molar-refractivity contribution in [1.29, 1.82) is 0 Å². The fourth-order valence-electron chi connectivity index (χ4n) is 2.36. The molecule has 0 bridgehead atoms. The Kier molecular flexibility index (Phi) is 7.01. The van der Waals surface area contributed by atoms with E-state index in [1.54, 1.807) is 25.1 Å². The first kappa shape index (κ1) is 19.5. The average molecular weight is 471 g/mol. The van der Waals surface area contributed by atoms with Gasteiger partial charge in [0.15, 0.2) is 6.04 Å². The maximum absolute atomic E-state index is 12.4. The summed E-state index contributed by atoms with van der Waals surface area (Å²) in [5, 5.41) is 9.65. The predicted molar refractivity (Wildman–Crippen MR) is 101 cm³/mol. The van der Waals surface area contributed by atoms with Crippen molar-refractivity contribution in [2.75, 3.05) is 6.54 Å². The first-order valence-corrected chi connectivity index (χ1v) is 9.17. The Morgan fingerprint density at radius 3 is 2.36 bits per heavy atom. The van der Waals surface area contributed by atoms with Crippen LogP contribution < -0.4 is 0 Å². The molecule has 0 aliphatic carbocycles. The fourth-order valence-corrected chi connectivity index (χ4v) is 3.00. The van der Waals surface area contributed by atoms with E-state index in [4.69, 9.17) is 4.74 Å². The molecule has 0 radical (unpaired) electrons. The van der Waals surface area contributed by atoms with E-state index in [1.807, 2.05) is 30.3 Å². The Hall–Kier alpha value is -1.86. The first-order valence-electron chi connectivity index (χ1n) is 7.59. The van der Waals surface area contributed by atoms with Crippen molar-refractivity contribution in [2.45, 2.75) is 19.6 Å². The monoisotopic (exact) mass is 469 g/mol. The minimum atomic E-state index is -1.13. The van der Waals surface area contributed by atoms with Gasteiger partial charge in [0.1, 0.15) is 6.61 Å². The van der Waals surface area contributed by atoms with Crippen molar-refractivity contribution in [3.05, 3.63) is 68.6 Å². The van der Waals surface area contributed by atoms with Crippen molar-refractivity contribution in [1.82, 2.24) is 4.90 Å². The van der Waals surface area contributed by atoms with Gasteiger partial charge in [-0.3, -0.25) is 4.90 Å². The van der Waals surface area contributed by atoms with Gasteiger partial charge in [-0.05, 0) is 62.0 Å². The van der Waals surface area contributed by atoms with Gasteiger partial charge in [0, 0.05) is 15.5 Å². The molecule has 0 saturated heterocycles. The highest BCUT2D eigenvalue weighted by Crippen LogP contribution is 2.29. The molecule has 2 rings (SSSR count). The van der Waals surface area contributed by atoms with E-state index in [-0.39, 0.29) is 13.2 Å². The molecule has 1 atom stereocenters. The molecule has 0 fully saturated rings. The molecule has 0 aliphatic rings. The van der Waals surface area contributed by atoms with E-state index in [1.165, 1.54) is 4.90 Å². The van der Waals surface area contributed by atoms with E-state index < -0.39 is 18.1 Å². The molecule has 0 saturated carbocycles. The summed E-state index contributed by atoms with van der Waals surface area (Å²) in [6.07, 6.45) is -0.669. The van der Waals surface area contributed by atoms with Crippen LogP contribution in [0.3, 0.4) is 0 Å². The number of likely N-dealkylation sites (N-methyl/N-ethyl adjacent to an activating group) is 1. The van der Waals surface area contributed by atoms with Gasteiger partial charge in [-0.15, -0.1) is 0 Å². The van der Waals surface area contributed by atoms with E-state index in [2.05, 4.69) is 31.9 Å². The number of carboxylic acids is 1. The maximum Gasteiger partial charge on any atom is 0.411 e. The SMILES string of the molecule is CCN(C(=O)OCc1ccccc1)C(C(=O)O)c1ccc(Br)c(Br)c1. The van der Waals surface area contributed by atoms with Gasteiger partial charge in [-0.1, -0.05) is 36.4 Å². The van der Waals surface area contributed by atoms with E-state index in [9.17, 15) is 14.7 Å². The summed E-state index contributed by atoms with van der Waals surface area (Å²) in [7, 11) is 0. The van der Waals surface area contributed by atoms with Gasteiger partial charge in [0.2, 0.25) is 0 Å². The highest BCUT2D eigenvalue weighted by molar-refractivity contribution is 9.13. The second kappa shape index (κ2) is 9.01. The summed E-state index contributed by atoms with van der Waals surface area (Å²) in [5.74, 6) is -1.12. The standard InChI is InChI=1S/C18H17Br2NO4/c1-2-21(18(24)25-11-12-6-4-3-5-7-12)16(17(22)23)13-8-9-14(19)15(20)10-13/h3-10,16H,2,11H2,1H3,(H,22,23). The lowest BCUT2D eigenvalue weighted by Gasteiger charge is -2.27. The van der Waals surface area contributed by atoms with Gasteiger partial charge in [0.25, 0.3) is 0 Å². The fraction of sp³-hybridized carbons (Fsp3) is 0.222. The van der Waals surface area contributed by atoms with Crippen molar-refractivity contribution in [3.63, 3.8) is 0 Å². The third kappa shape index (κ3) is 5.06. The molecular weight excluding hydrogens is 454 g/mol. The van der Waals surface area contributed by atoms with Crippen LogP contribution in [0.5, 0.6) is 0 Å². The first-order chi connectivity index (χ1) is 11.9. The number of aliphatic carboxylic acids is 1. The zero-order chi connectivity index (χ0) is 18.4. The highest BCUT2D eigenvalue weighted by atomic mass is 79.9. The molecule has 0 spiro atoms. The second-order valence-corrected chi connectivity index (χ2v) is 6.95. The van der Waals surface area contributed by atoms with Crippen molar-refractivity contribution < 1.29 is 19.4 Å². The van der Waals surface area contributed by atoms with Crippen LogP contribution in [-0.4, -0.2) is 28.6 Å². The summed E-state index contributed by atoms with van der Waals surface area (Å²) in [5.41, 5.74) is 1.33. The van der Waals surface area contributed by atoms with Crippen LogP contribution in [-0.2, 0) is 16.1 Å². The van der Waals surface area contributed by atoms with Crippen LogP contribution in [0.1, 0.15) is 24.1 Å². The molecule has 0 heterocycles. The number of carbonyl (C=O) groups excluding carboxylic acids is 1. The predicted octanol–water partition coefficient (Wildman–Crippen LogP) is 5.00. The number of ether oxygens (including phenoxy) is 1. The summed E-state index contributed by atoms with van der Waals surface area (Å²) in [6, 6.07) is 13.2. The summed E-state index contributed by atoms with van der Waals surface area (Å²) >= 11 is 6.71. The molecule has 2 aromatic rings. The van der Waals surface area contributed by atoms with Crippen LogP contribution in [0.15, 0.2) is 57.5 Å². The molecule has 0 aliphatic heterocycles. The molecular formula is C18H17Br2NO4. The number of carboxylic acid groups (broad SMARTS) is 1. The lowest BCUT2D eigenvalue weighted by Crippen LogP contribution is -2.39. The van der Waals surface area contributed by atoms with Gasteiger partial charge < -0.3 is 9.84 Å². The number of benzene rings is 2. The lowest BCUT2D eigenvalue weighted by atomic mass is 10.1. The van der Waals surface area contributed by atoms with Crippen molar-refractivity contribution in [3.8, 4) is 0 Å². The molecule has 1 unspecified atom stereocenters. The highest BCUT2D eigenvalue weighted by Gasteiger charge is 2.31. The molecule has 5 nitrogen and oxygen atoms in total.